The number of phenols is 2. The largest absolute Gasteiger partial charge is 0.507 e. The van der Waals surface area contributed by atoms with Gasteiger partial charge in [-0.2, -0.15) is 0 Å². The van der Waals surface area contributed by atoms with Crippen molar-refractivity contribution in [2.24, 2.45) is 0 Å². The average Bonchev–Trinajstić information content (AvgIpc) is 3.01. The number of benzene rings is 2. The third kappa shape index (κ3) is 2.92. The van der Waals surface area contributed by atoms with E-state index in [1.165, 1.54) is 26.4 Å². The minimum absolute atomic E-state index is 0.0945. The van der Waals surface area contributed by atoms with Crippen LogP contribution >= 0.6 is 0 Å². The second kappa shape index (κ2) is 7.15. The van der Waals surface area contributed by atoms with E-state index in [2.05, 4.69) is 6.92 Å². The third-order valence-corrected chi connectivity index (χ3v) is 4.48. The molecule has 0 saturated carbocycles. The Balaban J connectivity index is 2.28. The summed E-state index contributed by atoms with van der Waals surface area (Å²) < 4.78 is 16.3. The number of phenolic OH excluding ortho intramolecular Hbond substituents is 2. The highest BCUT2D eigenvalue weighted by atomic mass is 16.5. The SMILES string of the molecule is CCCCCC(=O)c1c(OC)cc(O)c2c1oc1cc(OC)cc(O)c12. The number of unbranched alkanes of at least 4 members (excludes halogenated alkanes) is 2. The summed E-state index contributed by atoms with van der Waals surface area (Å²) in [6.45, 7) is 2.07. The molecule has 0 unspecified atom stereocenters. The molecular formula is C20H22O6. The lowest BCUT2D eigenvalue weighted by atomic mass is 10.00. The average molecular weight is 358 g/mol. The van der Waals surface area contributed by atoms with Gasteiger partial charge in [0.1, 0.15) is 34.1 Å². The highest BCUT2D eigenvalue weighted by Crippen LogP contribution is 2.46. The van der Waals surface area contributed by atoms with Crippen LogP contribution in [0.4, 0.5) is 0 Å². The second-order valence-corrected chi connectivity index (χ2v) is 6.18. The number of ether oxygens (including phenoxy) is 2. The molecule has 2 N–H and O–H groups in total. The van der Waals surface area contributed by atoms with E-state index in [1.807, 2.05) is 0 Å². The molecule has 6 nitrogen and oxygen atoms in total. The minimum Gasteiger partial charge on any atom is -0.507 e. The van der Waals surface area contributed by atoms with Crippen molar-refractivity contribution < 1.29 is 28.9 Å². The van der Waals surface area contributed by atoms with Crippen molar-refractivity contribution in [1.29, 1.82) is 0 Å². The van der Waals surface area contributed by atoms with E-state index < -0.39 is 0 Å². The predicted molar refractivity (Wildman–Crippen MR) is 98.6 cm³/mol. The van der Waals surface area contributed by atoms with E-state index >= 15 is 0 Å². The van der Waals surface area contributed by atoms with Crippen molar-refractivity contribution in [2.45, 2.75) is 32.6 Å². The summed E-state index contributed by atoms with van der Waals surface area (Å²) in [6, 6.07) is 4.42. The fraction of sp³-hybridized carbons (Fsp3) is 0.350. The summed E-state index contributed by atoms with van der Waals surface area (Å²) in [6.07, 6.45) is 3.08. The maximum atomic E-state index is 12.8. The van der Waals surface area contributed by atoms with Crippen LogP contribution in [0.2, 0.25) is 0 Å². The van der Waals surface area contributed by atoms with Gasteiger partial charge in [0, 0.05) is 24.6 Å². The number of fused-ring (bicyclic) bond motifs is 3. The van der Waals surface area contributed by atoms with Crippen LogP contribution in [0.25, 0.3) is 21.9 Å². The van der Waals surface area contributed by atoms with Crippen molar-refractivity contribution in [1.82, 2.24) is 0 Å². The third-order valence-electron chi connectivity index (χ3n) is 4.48. The molecule has 2 aromatic carbocycles. The first-order valence-corrected chi connectivity index (χ1v) is 8.58. The van der Waals surface area contributed by atoms with Crippen LogP contribution in [0.3, 0.4) is 0 Å². The molecule has 0 saturated heterocycles. The van der Waals surface area contributed by atoms with Crippen molar-refractivity contribution in [3.63, 3.8) is 0 Å². The Morgan fingerprint density at radius 3 is 2.42 bits per heavy atom. The molecule has 0 aliphatic heterocycles. The monoisotopic (exact) mass is 358 g/mol. The van der Waals surface area contributed by atoms with Gasteiger partial charge in [-0.15, -0.1) is 0 Å². The van der Waals surface area contributed by atoms with Crippen LogP contribution < -0.4 is 9.47 Å². The molecule has 0 fully saturated rings. The molecule has 3 rings (SSSR count). The molecule has 1 aromatic heterocycles. The first-order valence-electron chi connectivity index (χ1n) is 8.58. The first-order chi connectivity index (χ1) is 12.5. The van der Waals surface area contributed by atoms with E-state index in [9.17, 15) is 15.0 Å². The molecule has 1 heterocycles. The zero-order valence-electron chi connectivity index (χ0n) is 15.1. The van der Waals surface area contributed by atoms with Crippen LogP contribution in [0.15, 0.2) is 22.6 Å². The van der Waals surface area contributed by atoms with Gasteiger partial charge in [0.2, 0.25) is 0 Å². The van der Waals surface area contributed by atoms with E-state index in [0.717, 1.165) is 19.3 Å². The fourth-order valence-corrected chi connectivity index (χ4v) is 3.19. The van der Waals surface area contributed by atoms with E-state index in [4.69, 9.17) is 13.9 Å². The van der Waals surface area contributed by atoms with E-state index in [0.29, 0.717) is 28.5 Å². The zero-order valence-corrected chi connectivity index (χ0v) is 15.1. The van der Waals surface area contributed by atoms with Gasteiger partial charge >= 0.3 is 0 Å². The molecule has 0 aliphatic carbocycles. The molecule has 3 aromatic rings. The second-order valence-electron chi connectivity index (χ2n) is 6.18. The molecule has 0 radical (unpaired) electrons. The van der Waals surface area contributed by atoms with Crippen LogP contribution in [0.1, 0.15) is 43.0 Å². The molecular weight excluding hydrogens is 336 g/mol. The number of hydrogen-bond donors (Lipinski definition) is 2. The lowest BCUT2D eigenvalue weighted by Gasteiger charge is -2.09. The van der Waals surface area contributed by atoms with E-state index in [-0.39, 0.29) is 34.2 Å². The summed E-state index contributed by atoms with van der Waals surface area (Å²) in [4.78, 5) is 12.8. The standard InChI is InChI=1S/C20H22O6/c1-4-5-6-7-12(21)18-15(25-3)10-14(23)19-17-13(22)8-11(24-2)9-16(17)26-20(18)19/h8-10,22-23H,4-7H2,1-3H3. The van der Waals surface area contributed by atoms with Gasteiger partial charge in [-0.05, 0) is 6.42 Å². The number of rotatable bonds is 7. The number of carbonyl (C=O) groups excluding carboxylic acids is 1. The number of ketones is 1. The van der Waals surface area contributed by atoms with Gasteiger partial charge in [0.05, 0.1) is 25.0 Å². The number of Topliss-reactive ketones (excluding diaryl/α,β-unsaturated/α-hetero) is 1. The molecule has 0 amide bonds. The first kappa shape index (κ1) is 17.9. The Hall–Kier alpha value is -2.89. The number of furan rings is 1. The summed E-state index contributed by atoms with van der Waals surface area (Å²) in [5, 5.41) is 21.4. The van der Waals surface area contributed by atoms with Gasteiger partial charge in [-0.3, -0.25) is 4.79 Å². The molecule has 0 bridgehead atoms. The molecule has 138 valence electrons. The molecule has 26 heavy (non-hydrogen) atoms. The Bertz CT molecular complexity index is 970. The Morgan fingerprint density at radius 2 is 1.77 bits per heavy atom. The van der Waals surface area contributed by atoms with Gasteiger partial charge in [-0.1, -0.05) is 19.8 Å². The Kier molecular flexibility index (Phi) is 4.93. The minimum atomic E-state index is -0.124. The van der Waals surface area contributed by atoms with Gasteiger partial charge in [0.15, 0.2) is 11.4 Å². The lowest BCUT2D eigenvalue weighted by molar-refractivity contribution is 0.0977. The summed E-state index contributed by atoms with van der Waals surface area (Å²) >= 11 is 0. The molecule has 6 heteroatoms. The fourth-order valence-electron chi connectivity index (χ4n) is 3.19. The highest BCUT2D eigenvalue weighted by molar-refractivity contribution is 6.19. The van der Waals surface area contributed by atoms with Crippen LogP contribution in [-0.4, -0.2) is 30.2 Å². The Morgan fingerprint density at radius 1 is 1.04 bits per heavy atom. The molecule has 0 atom stereocenters. The zero-order chi connectivity index (χ0) is 18.8. The van der Waals surface area contributed by atoms with E-state index in [1.54, 1.807) is 6.07 Å². The maximum Gasteiger partial charge on any atom is 0.170 e. The van der Waals surface area contributed by atoms with Crippen LogP contribution in [0, 0.1) is 0 Å². The van der Waals surface area contributed by atoms with Gasteiger partial charge < -0.3 is 24.1 Å². The molecule has 0 spiro atoms. The smallest absolute Gasteiger partial charge is 0.170 e. The van der Waals surface area contributed by atoms with Crippen molar-refractivity contribution >= 4 is 27.7 Å². The molecule has 0 aliphatic rings. The topological polar surface area (TPSA) is 89.1 Å². The number of aromatic hydroxyl groups is 2. The maximum absolute atomic E-state index is 12.8. The summed E-state index contributed by atoms with van der Waals surface area (Å²) in [7, 11) is 2.92. The van der Waals surface area contributed by atoms with Gasteiger partial charge in [0.25, 0.3) is 0 Å². The van der Waals surface area contributed by atoms with Crippen molar-refractivity contribution in [3.8, 4) is 23.0 Å². The number of methoxy groups -OCH3 is 2. The summed E-state index contributed by atoms with van der Waals surface area (Å²) in [5.74, 6) is 0.327. The Labute approximate surface area is 150 Å². The predicted octanol–water partition coefficient (Wildman–Crippen LogP) is 4.78. The van der Waals surface area contributed by atoms with Crippen molar-refractivity contribution in [2.75, 3.05) is 14.2 Å². The summed E-state index contributed by atoms with van der Waals surface area (Å²) in [5.41, 5.74) is 0.816. The lowest BCUT2D eigenvalue weighted by Crippen LogP contribution is -2.03. The van der Waals surface area contributed by atoms with Crippen LogP contribution in [0.5, 0.6) is 23.0 Å². The quantitative estimate of drug-likeness (QED) is 0.467. The van der Waals surface area contributed by atoms with Crippen molar-refractivity contribution in [3.05, 3.63) is 23.8 Å². The van der Waals surface area contributed by atoms with Crippen LogP contribution in [-0.2, 0) is 0 Å². The highest BCUT2D eigenvalue weighted by Gasteiger charge is 2.25. The normalized spacial score (nSPS) is 11.2. The number of carbonyl (C=O) groups is 1. The van der Waals surface area contributed by atoms with Gasteiger partial charge in [-0.25, -0.2) is 0 Å². The number of hydrogen-bond acceptors (Lipinski definition) is 6.